The van der Waals surface area contributed by atoms with Gasteiger partial charge in [0.15, 0.2) is 11.5 Å². The Morgan fingerprint density at radius 2 is 1.81 bits per heavy atom. The smallest absolute Gasteiger partial charge is 0.201 e. The van der Waals surface area contributed by atoms with Crippen molar-refractivity contribution in [2.24, 2.45) is 5.41 Å². The Balaban J connectivity index is 1.88. The second kappa shape index (κ2) is 10.1. The predicted octanol–water partition coefficient (Wildman–Crippen LogP) is 7.07. The van der Waals surface area contributed by atoms with E-state index in [0.29, 0.717) is 35.0 Å². The molecule has 0 amide bonds. The first kappa shape index (κ1) is 24.7. The molecule has 0 unspecified atom stereocenters. The van der Waals surface area contributed by atoms with Gasteiger partial charge in [-0.3, -0.25) is 4.79 Å². The molecule has 0 bridgehead atoms. The van der Waals surface area contributed by atoms with E-state index in [1.807, 2.05) is 18.2 Å². The number of halogens is 1. The number of nitrogens with zero attached hydrogens (tertiary/aromatic N) is 1. The Kier molecular flexibility index (Phi) is 6.93. The van der Waals surface area contributed by atoms with Crippen LogP contribution < -0.4 is 14.9 Å². The van der Waals surface area contributed by atoms with Gasteiger partial charge in [-0.15, -0.1) is 0 Å². The molecule has 1 heterocycles. The topological polar surface area (TPSA) is 72.5 Å². The molecule has 0 atom stereocenters. The Labute approximate surface area is 209 Å². The summed E-state index contributed by atoms with van der Waals surface area (Å²) in [6.07, 6.45) is 3.48. The maximum Gasteiger partial charge on any atom is 0.201 e. The molecule has 182 valence electrons. The van der Waals surface area contributed by atoms with Gasteiger partial charge in [0.25, 0.3) is 0 Å². The molecule has 1 aromatic heterocycles. The van der Waals surface area contributed by atoms with Crippen LogP contribution in [0.4, 0.5) is 4.39 Å². The van der Waals surface area contributed by atoms with Crippen molar-refractivity contribution < 1.29 is 18.3 Å². The molecule has 0 N–H and O–H groups in total. The summed E-state index contributed by atoms with van der Waals surface area (Å²) in [4.78, 5) is 13.5. The number of hydrogen-bond donors (Lipinski definition) is 0. The fraction of sp³-hybridized carbons (Fsp3) is 0.200. The number of ether oxygens (including phenoxy) is 2. The zero-order valence-corrected chi connectivity index (χ0v) is 20.6. The number of hydrogen-bond acceptors (Lipinski definition) is 5. The average molecular weight is 484 g/mol. The maximum absolute atomic E-state index is 13.9. The molecule has 36 heavy (non-hydrogen) atoms. The van der Waals surface area contributed by atoms with Gasteiger partial charge in [0.2, 0.25) is 5.43 Å². The lowest BCUT2D eigenvalue weighted by Gasteiger charge is -2.21. The van der Waals surface area contributed by atoms with E-state index in [1.165, 1.54) is 18.2 Å². The van der Waals surface area contributed by atoms with Gasteiger partial charge >= 0.3 is 0 Å². The summed E-state index contributed by atoms with van der Waals surface area (Å²) in [5.41, 5.74) is 1.88. The van der Waals surface area contributed by atoms with Gasteiger partial charge in [-0.25, -0.2) is 4.39 Å². The molecular weight excluding hydrogens is 457 g/mol. The third kappa shape index (κ3) is 5.31. The van der Waals surface area contributed by atoms with Crippen LogP contribution in [0.25, 0.3) is 34.2 Å². The molecule has 5 nitrogen and oxygen atoms in total. The van der Waals surface area contributed by atoms with E-state index < -0.39 is 5.82 Å². The first-order valence-corrected chi connectivity index (χ1v) is 11.4. The molecule has 4 aromatic rings. The second-order valence-electron chi connectivity index (χ2n) is 9.56. The zero-order chi connectivity index (χ0) is 25.9. The van der Waals surface area contributed by atoms with Crippen LogP contribution in [0.3, 0.4) is 0 Å². The van der Waals surface area contributed by atoms with E-state index in [9.17, 15) is 9.18 Å². The Hall–Kier alpha value is -4.37. The van der Waals surface area contributed by atoms with Crippen LogP contribution in [0.15, 0.2) is 69.9 Å². The molecule has 6 heteroatoms. The van der Waals surface area contributed by atoms with E-state index in [0.717, 1.165) is 5.56 Å². The normalized spacial score (nSPS) is 11.6. The highest BCUT2D eigenvalue weighted by molar-refractivity contribution is 5.87. The van der Waals surface area contributed by atoms with Crippen LogP contribution in [0.2, 0.25) is 0 Å². The fourth-order valence-corrected chi connectivity index (χ4v) is 3.72. The Bertz CT molecular complexity index is 1540. The minimum atomic E-state index is -0.527. The van der Waals surface area contributed by atoms with E-state index >= 15 is 0 Å². The molecule has 0 aliphatic heterocycles. The SMILES string of the molecule is COc1cccc(C=Cc2oc3ccc(F)cc3c(=O)c2-c2ccc(C#N)cc2)c1OCC(C)(C)C. The average Bonchev–Trinajstić information content (AvgIpc) is 2.86. The van der Waals surface area contributed by atoms with Gasteiger partial charge in [0, 0.05) is 5.56 Å². The predicted molar refractivity (Wildman–Crippen MR) is 139 cm³/mol. The monoisotopic (exact) mass is 483 g/mol. The largest absolute Gasteiger partial charge is 0.493 e. The van der Waals surface area contributed by atoms with Crippen molar-refractivity contribution in [2.75, 3.05) is 13.7 Å². The molecule has 0 fully saturated rings. The molecule has 0 radical (unpaired) electrons. The molecule has 3 aromatic carbocycles. The molecule has 0 aliphatic rings. The zero-order valence-electron chi connectivity index (χ0n) is 20.6. The highest BCUT2D eigenvalue weighted by atomic mass is 19.1. The lowest BCUT2D eigenvalue weighted by molar-refractivity contribution is 0.191. The third-order valence-electron chi connectivity index (χ3n) is 5.48. The van der Waals surface area contributed by atoms with Crippen LogP contribution >= 0.6 is 0 Å². The second-order valence-corrected chi connectivity index (χ2v) is 9.56. The molecule has 0 spiro atoms. The number of nitriles is 1. The highest BCUT2D eigenvalue weighted by Gasteiger charge is 2.18. The van der Waals surface area contributed by atoms with Crippen LogP contribution in [0.1, 0.15) is 37.7 Å². The van der Waals surface area contributed by atoms with Crippen molar-refractivity contribution >= 4 is 23.1 Å². The fourth-order valence-electron chi connectivity index (χ4n) is 3.72. The van der Waals surface area contributed by atoms with Crippen LogP contribution in [-0.4, -0.2) is 13.7 Å². The summed E-state index contributed by atoms with van der Waals surface area (Å²) in [5.74, 6) is 0.940. The maximum atomic E-state index is 13.9. The van der Waals surface area contributed by atoms with Crippen LogP contribution in [0.5, 0.6) is 11.5 Å². The third-order valence-corrected chi connectivity index (χ3v) is 5.48. The van der Waals surface area contributed by atoms with E-state index in [1.54, 1.807) is 43.5 Å². The summed E-state index contributed by atoms with van der Waals surface area (Å²) < 4.78 is 31.6. The summed E-state index contributed by atoms with van der Waals surface area (Å²) >= 11 is 0. The lowest BCUT2D eigenvalue weighted by atomic mass is 9.98. The van der Waals surface area contributed by atoms with Crippen molar-refractivity contribution in [3.8, 4) is 28.7 Å². The first-order chi connectivity index (χ1) is 17.2. The summed E-state index contributed by atoms with van der Waals surface area (Å²) in [6.45, 7) is 6.71. The van der Waals surface area contributed by atoms with Gasteiger partial charge in [-0.05, 0) is 59.5 Å². The van der Waals surface area contributed by atoms with Gasteiger partial charge < -0.3 is 13.9 Å². The summed E-state index contributed by atoms with van der Waals surface area (Å²) in [7, 11) is 1.58. The van der Waals surface area contributed by atoms with Crippen LogP contribution in [0, 0.1) is 22.6 Å². The van der Waals surface area contributed by atoms with Crippen LogP contribution in [-0.2, 0) is 0 Å². The van der Waals surface area contributed by atoms with Gasteiger partial charge in [-0.1, -0.05) is 45.0 Å². The van der Waals surface area contributed by atoms with Gasteiger partial charge in [-0.2, -0.15) is 5.26 Å². The number of benzene rings is 3. The molecule has 0 saturated carbocycles. The van der Waals surface area contributed by atoms with Crippen molar-refractivity contribution in [3.05, 3.63) is 93.6 Å². The van der Waals surface area contributed by atoms with Crippen molar-refractivity contribution in [1.29, 1.82) is 5.26 Å². The standard InChI is InChI=1S/C30H26FNO4/c1-30(2,3)18-35-29-21(6-5-7-26(29)34-4)12-14-25-27(20-10-8-19(17-32)9-11-20)28(33)23-16-22(31)13-15-24(23)36-25/h5-16H,18H2,1-4H3. The van der Waals surface area contributed by atoms with Crippen molar-refractivity contribution in [2.45, 2.75) is 20.8 Å². The summed E-state index contributed by atoms with van der Waals surface area (Å²) in [5, 5.41) is 9.29. The van der Waals surface area contributed by atoms with Gasteiger partial charge in [0.1, 0.15) is 17.2 Å². The minimum Gasteiger partial charge on any atom is -0.493 e. The number of fused-ring (bicyclic) bond motifs is 1. The van der Waals surface area contributed by atoms with Crippen molar-refractivity contribution in [1.82, 2.24) is 0 Å². The van der Waals surface area contributed by atoms with Gasteiger partial charge in [0.05, 0.1) is 36.3 Å². The Morgan fingerprint density at radius 1 is 1.06 bits per heavy atom. The molecule has 0 saturated heterocycles. The molecule has 0 aliphatic carbocycles. The quantitative estimate of drug-likeness (QED) is 0.293. The molecular formula is C30H26FNO4. The first-order valence-electron chi connectivity index (χ1n) is 11.4. The Morgan fingerprint density at radius 3 is 2.47 bits per heavy atom. The van der Waals surface area contributed by atoms with E-state index in [4.69, 9.17) is 19.2 Å². The highest BCUT2D eigenvalue weighted by Crippen LogP contribution is 2.34. The van der Waals surface area contributed by atoms with E-state index in [2.05, 4.69) is 26.8 Å². The number of methoxy groups -OCH3 is 1. The summed E-state index contributed by atoms with van der Waals surface area (Å²) in [6, 6.07) is 18.1. The lowest BCUT2D eigenvalue weighted by Crippen LogP contribution is -2.17. The molecule has 4 rings (SSSR count). The number of rotatable bonds is 6. The number of para-hydroxylation sites is 1. The van der Waals surface area contributed by atoms with Crippen molar-refractivity contribution in [3.63, 3.8) is 0 Å². The van der Waals surface area contributed by atoms with E-state index in [-0.39, 0.29) is 27.4 Å². The minimum absolute atomic E-state index is 0.0645.